The van der Waals surface area contributed by atoms with Crippen LogP contribution in [-0.4, -0.2) is 25.2 Å². The van der Waals surface area contributed by atoms with E-state index in [0.717, 1.165) is 11.6 Å². The molecule has 0 saturated heterocycles. The van der Waals surface area contributed by atoms with Gasteiger partial charge in [0, 0.05) is 21.5 Å². The fraction of sp³-hybridized carbons (Fsp3) is 0.143. The summed E-state index contributed by atoms with van der Waals surface area (Å²) in [6.07, 6.45) is -1.13. The minimum Gasteiger partial charge on any atom is -0.264 e. The minimum absolute atomic E-state index is 0.0693. The van der Waals surface area contributed by atoms with Crippen LogP contribution in [-0.2, 0) is 12.7 Å². The lowest BCUT2D eigenvalue weighted by Crippen LogP contribution is -2.10. The molecule has 1 aromatic carbocycles. The molecule has 0 fully saturated rings. The van der Waals surface area contributed by atoms with Crippen molar-refractivity contribution in [3.8, 4) is 11.4 Å². The average molecular weight is 431 g/mol. The highest BCUT2D eigenvalue weighted by molar-refractivity contribution is 14.1. The van der Waals surface area contributed by atoms with Gasteiger partial charge in [0.1, 0.15) is 0 Å². The summed E-state index contributed by atoms with van der Waals surface area (Å²) in [6.45, 7) is 0.322. The quantitative estimate of drug-likeness (QED) is 0.597. The lowest BCUT2D eigenvalue weighted by Gasteiger charge is -2.12. The van der Waals surface area contributed by atoms with Crippen molar-refractivity contribution in [1.82, 2.24) is 25.2 Å². The maximum absolute atomic E-state index is 13.0. The van der Waals surface area contributed by atoms with Crippen LogP contribution in [0.15, 0.2) is 42.7 Å². The van der Waals surface area contributed by atoms with E-state index in [1.54, 1.807) is 47.1 Å². The number of alkyl halides is 3. The molecule has 2 aromatic heterocycles. The van der Waals surface area contributed by atoms with Gasteiger partial charge in [-0.05, 0) is 50.7 Å². The van der Waals surface area contributed by atoms with Crippen molar-refractivity contribution < 1.29 is 13.2 Å². The summed E-state index contributed by atoms with van der Waals surface area (Å²) in [5.74, 6) is 0.282. The van der Waals surface area contributed by atoms with Crippen LogP contribution in [0.3, 0.4) is 0 Å². The summed E-state index contributed by atoms with van der Waals surface area (Å²) in [5, 5.41) is 11.3. The molecule has 0 bridgehead atoms. The Morgan fingerprint density at radius 1 is 1.13 bits per heavy atom. The molecule has 0 aliphatic carbocycles. The van der Waals surface area contributed by atoms with Crippen LogP contribution < -0.4 is 0 Å². The molecular weight excluding hydrogens is 422 g/mol. The molecule has 0 saturated carbocycles. The first-order valence-electron chi connectivity index (χ1n) is 6.48. The Bertz CT molecular complexity index is 817. The predicted octanol–water partition coefficient (Wildman–Crippen LogP) is 3.41. The monoisotopic (exact) mass is 431 g/mol. The van der Waals surface area contributed by atoms with Crippen molar-refractivity contribution in [2.45, 2.75) is 12.7 Å². The first-order valence-corrected chi connectivity index (χ1v) is 7.56. The van der Waals surface area contributed by atoms with E-state index in [2.05, 4.69) is 20.5 Å². The lowest BCUT2D eigenvalue weighted by molar-refractivity contribution is -0.138. The molecule has 23 heavy (non-hydrogen) atoms. The Hall–Kier alpha value is -2.04. The van der Waals surface area contributed by atoms with Gasteiger partial charge in [0.25, 0.3) is 0 Å². The van der Waals surface area contributed by atoms with Crippen LogP contribution in [0.25, 0.3) is 11.4 Å². The maximum Gasteiger partial charge on any atom is 0.417 e. The Labute approximate surface area is 142 Å². The number of nitrogens with zero attached hydrogens (tertiary/aromatic N) is 5. The van der Waals surface area contributed by atoms with E-state index in [-0.39, 0.29) is 9.39 Å². The summed E-state index contributed by atoms with van der Waals surface area (Å²) < 4.78 is 40.7. The van der Waals surface area contributed by atoms with Crippen LogP contribution in [0, 0.1) is 3.57 Å². The molecule has 0 radical (unpaired) electrons. The lowest BCUT2D eigenvalue weighted by atomic mass is 10.1. The highest BCUT2D eigenvalue weighted by atomic mass is 127. The summed E-state index contributed by atoms with van der Waals surface area (Å²) in [6, 6.07) is 7.58. The normalized spacial score (nSPS) is 11.7. The maximum atomic E-state index is 13.0. The number of rotatable bonds is 3. The van der Waals surface area contributed by atoms with Gasteiger partial charge in [0.05, 0.1) is 12.1 Å². The number of benzene rings is 1. The molecule has 3 aromatic rings. The second kappa shape index (κ2) is 6.22. The molecule has 0 aliphatic rings. The van der Waals surface area contributed by atoms with Crippen LogP contribution in [0.1, 0.15) is 11.1 Å². The van der Waals surface area contributed by atoms with Crippen LogP contribution >= 0.6 is 22.6 Å². The smallest absolute Gasteiger partial charge is 0.264 e. The minimum atomic E-state index is -4.42. The number of tetrazole rings is 1. The topological polar surface area (TPSA) is 56.5 Å². The second-order valence-corrected chi connectivity index (χ2v) is 5.77. The highest BCUT2D eigenvalue weighted by Gasteiger charge is 2.34. The standard InChI is InChI=1S/C14H9F3IN5/c15-14(16,17)11-5-1-4-10(12(11)18)13-20-21-22-23(13)8-9-3-2-6-19-7-9/h1-7H,8H2. The van der Waals surface area contributed by atoms with Gasteiger partial charge in [-0.2, -0.15) is 13.2 Å². The van der Waals surface area contributed by atoms with Gasteiger partial charge in [-0.1, -0.05) is 18.2 Å². The predicted molar refractivity (Wildman–Crippen MR) is 84.3 cm³/mol. The fourth-order valence-corrected chi connectivity index (χ4v) is 3.00. The van der Waals surface area contributed by atoms with E-state index in [1.165, 1.54) is 10.7 Å². The Morgan fingerprint density at radius 3 is 2.65 bits per heavy atom. The van der Waals surface area contributed by atoms with E-state index in [4.69, 9.17) is 0 Å². The third-order valence-electron chi connectivity index (χ3n) is 3.13. The van der Waals surface area contributed by atoms with Crippen molar-refractivity contribution in [3.63, 3.8) is 0 Å². The molecule has 0 atom stereocenters. The van der Waals surface area contributed by atoms with Gasteiger partial charge < -0.3 is 0 Å². The van der Waals surface area contributed by atoms with E-state index in [9.17, 15) is 13.2 Å². The van der Waals surface area contributed by atoms with Crippen molar-refractivity contribution in [1.29, 1.82) is 0 Å². The number of pyridine rings is 1. The SMILES string of the molecule is FC(F)(F)c1cccc(-c2nnnn2Cc2cccnc2)c1I. The van der Waals surface area contributed by atoms with Crippen LogP contribution in [0.4, 0.5) is 13.2 Å². The molecular formula is C14H9F3IN5. The van der Waals surface area contributed by atoms with Crippen molar-refractivity contribution in [3.05, 3.63) is 57.4 Å². The summed E-state index contributed by atoms with van der Waals surface area (Å²) in [7, 11) is 0. The molecule has 118 valence electrons. The number of hydrogen-bond acceptors (Lipinski definition) is 4. The van der Waals surface area contributed by atoms with Crippen LogP contribution in [0.2, 0.25) is 0 Å². The summed E-state index contributed by atoms with van der Waals surface area (Å²) >= 11 is 1.67. The van der Waals surface area contributed by atoms with Crippen molar-refractivity contribution in [2.75, 3.05) is 0 Å². The first-order chi connectivity index (χ1) is 11.0. The molecule has 3 rings (SSSR count). The second-order valence-electron chi connectivity index (χ2n) is 4.69. The van der Waals surface area contributed by atoms with E-state index < -0.39 is 11.7 Å². The van der Waals surface area contributed by atoms with Crippen LogP contribution in [0.5, 0.6) is 0 Å². The van der Waals surface area contributed by atoms with E-state index in [1.807, 2.05) is 6.07 Å². The third kappa shape index (κ3) is 3.33. The van der Waals surface area contributed by atoms with Crippen molar-refractivity contribution in [2.24, 2.45) is 0 Å². The van der Waals surface area contributed by atoms with Gasteiger partial charge in [-0.15, -0.1) is 5.10 Å². The van der Waals surface area contributed by atoms with Gasteiger partial charge in [-0.3, -0.25) is 4.98 Å². The van der Waals surface area contributed by atoms with E-state index >= 15 is 0 Å². The fourth-order valence-electron chi connectivity index (χ4n) is 2.09. The Morgan fingerprint density at radius 2 is 1.96 bits per heavy atom. The zero-order valence-electron chi connectivity index (χ0n) is 11.5. The van der Waals surface area contributed by atoms with E-state index in [0.29, 0.717) is 12.1 Å². The third-order valence-corrected chi connectivity index (χ3v) is 4.29. The zero-order chi connectivity index (χ0) is 16.4. The average Bonchev–Trinajstić information content (AvgIpc) is 2.95. The molecule has 0 aliphatic heterocycles. The summed E-state index contributed by atoms with van der Waals surface area (Å²) in [4.78, 5) is 4.00. The van der Waals surface area contributed by atoms with Gasteiger partial charge >= 0.3 is 6.18 Å². The number of hydrogen-bond donors (Lipinski definition) is 0. The molecule has 9 heteroatoms. The molecule has 5 nitrogen and oxygen atoms in total. The molecule has 0 N–H and O–H groups in total. The Balaban J connectivity index is 2.03. The number of halogens is 4. The van der Waals surface area contributed by atoms with Crippen molar-refractivity contribution >= 4 is 22.6 Å². The molecule has 2 heterocycles. The Kier molecular flexibility index (Phi) is 4.28. The number of aromatic nitrogens is 5. The summed E-state index contributed by atoms with van der Waals surface area (Å²) in [5.41, 5.74) is 0.490. The molecule has 0 amide bonds. The molecule has 0 spiro atoms. The molecule has 0 unspecified atom stereocenters. The highest BCUT2D eigenvalue weighted by Crippen LogP contribution is 2.36. The largest absolute Gasteiger partial charge is 0.417 e. The van der Waals surface area contributed by atoms with Gasteiger partial charge in [0.2, 0.25) is 0 Å². The van der Waals surface area contributed by atoms with Gasteiger partial charge in [0.15, 0.2) is 5.82 Å². The first kappa shape index (κ1) is 15.8. The zero-order valence-corrected chi connectivity index (χ0v) is 13.7. The van der Waals surface area contributed by atoms with Gasteiger partial charge in [-0.25, -0.2) is 4.68 Å².